The number of hydrogen-bond acceptors (Lipinski definition) is 3. The van der Waals surface area contributed by atoms with Crippen LogP contribution >= 0.6 is 0 Å². The molecule has 0 saturated carbocycles. The van der Waals surface area contributed by atoms with Crippen molar-refractivity contribution in [2.24, 2.45) is 16.8 Å². The Morgan fingerprint density at radius 1 is 1.15 bits per heavy atom. The summed E-state index contributed by atoms with van der Waals surface area (Å²) >= 11 is 0. The van der Waals surface area contributed by atoms with Crippen LogP contribution in [0.3, 0.4) is 0 Å². The number of piperidine rings is 2. The van der Waals surface area contributed by atoms with Crippen molar-refractivity contribution in [3.63, 3.8) is 0 Å². The van der Waals surface area contributed by atoms with Crippen LogP contribution in [0, 0.1) is 11.8 Å². The summed E-state index contributed by atoms with van der Waals surface area (Å²) in [7, 11) is 0. The van der Waals surface area contributed by atoms with Crippen LogP contribution in [0.15, 0.2) is 4.99 Å². The maximum atomic E-state index is 12.3. The van der Waals surface area contributed by atoms with Gasteiger partial charge in [0.2, 0.25) is 0 Å². The van der Waals surface area contributed by atoms with Gasteiger partial charge in [-0.2, -0.15) is 0 Å². The molecule has 0 spiro atoms. The van der Waals surface area contributed by atoms with Crippen LogP contribution in [-0.2, 0) is 4.74 Å². The zero-order chi connectivity index (χ0) is 19.2. The lowest BCUT2D eigenvalue weighted by molar-refractivity contribution is 0.0170. The number of nitrogens with one attached hydrogen (secondary N) is 1. The highest BCUT2D eigenvalue weighted by Gasteiger charge is 2.28. The van der Waals surface area contributed by atoms with Crippen molar-refractivity contribution >= 4 is 12.1 Å². The second-order valence-electron chi connectivity index (χ2n) is 8.82. The Labute approximate surface area is 159 Å². The molecule has 6 nitrogen and oxygen atoms in total. The summed E-state index contributed by atoms with van der Waals surface area (Å²) in [6, 6.07) is 0. The van der Waals surface area contributed by atoms with Gasteiger partial charge in [0.1, 0.15) is 5.60 Å². The minimum absolute atomic E-state index is 0.192. The Balaban J connectivity index is 1.92. The molecule has 2 rings (SSSR count). The van der Waals surface area contributed by atoms with Crippen LogP contribution in [0.2, 0.25) is 0 Å². The molecule has 0 aromatic rings. The van der Waals surface area contributed by atoms with E-state index in [9.17, 15) is 4.79 Å². The molecule has 2 heterocycles. The van der Waals surface area contributed by atoms with Gasteiger partial charge in [-0.05, 0) is 65.2 Å². The summed E-state index contributed by atoms with van der Waals surface area (Å²) < 4.78 is 5.53. The van der Waals surface area contributed by atoms with Gasteiger partial charge >= 0.3 is 6.09 Å². The van der Waals surface area contributed by atoms with Gasteiger partial charge in [0.15, 0.2) is 5.96 Å². The highest BCUT2D eigenvalue weighted by molar-refractivity contribution is 5.80. The van der Waals surface area contributed by atoms with Crippen molar-refractivity contribution in [3.05, 3.63) is 0 Å². The van der Waals surface area contributed by atoms with Gasteiger partial charge < -0.3 is 19.9 Å². The number of hydrogen-bond donors (Lipinski definition) is 1. The van der Waals surface area contributed by atoms with E-state index >= 15 is 0 Å². The summed E-state index contributed by atoms with van der Waals surface area (Å²) in [4.78, 5) is 21.5. The summed E-state index contributed by atoms with van der Waals surface area (Å²) in [5.41, 5.74) is -0.439. The average Bonchev–Trinajstić information content (AvgIpc) is 2.57. The highest BCUT2D eigenvalue weighted by Crippen LogP contribution is 2.20. The lowest BCUT2D eigenvalue weighted by Crippen LogP contribution is -2.47. The molecule has 2 fully saturated rings. The first-order valence-corrected chi connectivity index (χ1v) is 10.3. The minimum atomic E-state index is -0.439. The Morgan fingerprint density at radius 3 is 2.50 bits per heavy atom. The largest absolute Gasteiger partial charge is 0.444 e. The Hall–Kier alpha value is -1.46. The highest BCUT2D eigenvalue weighted by atomic mass is 16.6. The number of carbonyl (C=O) groups is 1. The molecule has 150 valence electrons. The van der Waals surface area contributed by atoms with E-state index in [1.807, 2.05) is 25.7 Å². The minimum Gasteiger partial charge on any atom is -0.444 e. The van der Waals surface area contributed by atoms with Crippen molar-refractivity contribution in [3.8, 4) is 0 Å². The summed E-state index contributed by atoms with van der Waals surface area (Å²) in [6.07, 6.45) is 4.50. The van der Waals surface area contributed by atoms with Crippen molar-refractivity contribution in [1.82, 2.24) is 15.1 Å². The van der Waals surface area contributed by atoms with Crippen LogP contribution < -0.4 is 5.32 Å². The SMILES string of the molecule is CCNC(=NCC1CCCN(C(=O)OC(C)(C)C)C1)N1CCCC(C)C1. The van der Waals surface area contributed by atoms with Crippen molar-refractivity contribution < 1.29 is 9.53 Å². The van der Waals surface area contributed by atoms with Gasteiger partial charge in [0, 0.05) is 39.3 Å². The van der Waals surface area contributed by atoms with Crippen molar-refractivity contribution in [2.45, 2.75) is 65.9 Å². The van der Waals surface area contributed by atoms with E-state index in [1.54, 1.807) is 0 Å². The molecule has 2 aliphatic heterocycles. The van der Waals surface area contributed by atoms with Crippen LogP contribution in [0.5, 0.6) is 0 Å². The molecular formula is C20H38N4O2. The number of carbonyl (C=O) groups excluding carboxylic acids is 1. The third-order valence-electron chi connectivity index (χ3n) is 4.96. The van der Waals surface area contributed by atoms with Crippen molar-refractivity contribution in [1.29, 1.82) is 0 Å². The normalized spacial score (nSPS) is 25.2. The smallest absolute Gasteiger partial charge is 0.410 e. The first-order valence-electron chi connectivity index (χ1n) is 10.3. The molecular weight excluding hydrogens is 328 g/mol. The predicted octanol–water partition coefficient (Wildman–Crippen LogP) is 3.33. The van der Waals surface area contributed by atoms with Crippen LogP contribution in [-0.4, -0.2) is 66.7 Å². The molecule has 26 heavy (non-hydrogen) atoms. The molecule has 0 bridgehead atoms. The first kappa shape index (κ1) is 20.8. The van der Waals surface area contributed by atoms with E-state index in [-0.39, 0.29) is 6.09 Å². The molecule has 1 N–H and O–H groups in total. The van der Waals surface area contributed by atoms with Crippen LogP contribution in [0.25, 0.3) is 0 Å². The molecule has 0 aromatic heterocycles. The molecule has 2 unspecified atom stereocenters. The van der Waals surface area contributed by atoms with E-state index in [1.165, 1.54) is 12.8 Å². The maximum absolute atomic E-state index is 12.3. The van der Waals surface area contributed by atoms with Gasteiger partial charge in [-0.25, -0.2) is 4.79 Å². The number of guanidine groups is 1. The molecule has 6 heteroatoms. The lowest BCUT2D eigenvalue weighted by atomic mass is 9.98. The van der Waals surface area contributed by atoms with Crippen molar-refractivity contribution in [2.75, 3.05) is 39.3 Å². The second-order valence-corrected chi connectivity index (χ2v) is 8.82. The number of ether oxygens (including phenoxy) is 1. The first-order chi connectivity index (χ1) is 12.3. The van der Waals surface area contributed by atoms with Crippen LogP contribution in [0.4, 0.5) is 4.79 Å². The third kappa shape index (κ3) is 6.69. The number of amides is 1. The molecule has 0 aliphatic carbocycles. The van der Waals surface area contributed by atoms with Gasteiger partial charge in [-0.1, -0.05) is 6.92 Å². The standard InChI is InChI=1S/C20H38N4O2/c1-6-21-18(23-11-7-9-16(2)14-23)22-13-17-10-8-12-24(15-17)19(25)26-20(3,4)5/h16-17H,6-15H2,1-5H3,(H,21,22). The van der Waals surface area contributed by atoms with Gasteiger partial charge in [-0.15, -0.1) is 0 Å². The van der Waals surface area contributed by atoms with Crippen LogP contribution in [0.1, 0.15) is 60.3 Å². The average molecular weight is 367 g/mol. The molecule has 2 atom stereocenters. The topological polar surface area (TPSA) is 57.2 Å². The zero-order valence-electron chi connectivity index (χ0n) is 17.4. The quantitative estimate of drug-likeness (QED) is 0.615. The number of nitrogens with zero attached hydrogens (tertiary/aromatic N) is 3. The Bertz CT molecular complexity index is 487. The van der Waals surface area contributed by atoms with E-state index in [2.05, 4.69) is 24.1 Å². The maximum Gasteiger partial charge on any atom is 0.410 e. The lowest BCUT2D eigenvalue weighted by Gasteiger charge is -2.35. The monoisotopic (exact) mass is 366 g/mol. The predicted molar refractivity (Wildman–Crippen MR) is 106 cm³/mol. The molecule has 0 radical (unpaired) electrons. The van der Waals surface area contributed by atoms with Gasteiger partial charge in [-0.3, -0.25) is 4.99 Å². The number of likely N-dealkylation sites (tertiary alicyclic amines) is 2. The summed E-state index contributed by atoms with van der Waals surface area (Å²) in [5.74, 6) is 2.17. The molecule has 2 aliphatic rings. The molecule has 1 amide bonds. The zero-order valence-corrected chi connectivity index (χ0v) is 17.4. The van der Waals surface area contributed by atoms with Gasteiger partial charge in [0.25, 0.3) is 0 Å². The Morgan fingerprint density at radius 2 is 1.85 bits per heavy atom. The summed E-state index contributed by atoms with van der Waals surface area (Å²) in [5, 5.41) is 3.45. The van der Waals surface area contributed by atoms with E-state index in [0.717, 1.165) is 64.0 Å². The van der Waals surface area contributed by atoms with E-state index in [0.29, 0.717) is 5.92 Å². The Kier molecular flexibility index (Phi) is 7.59. The fraction of sp³-hybridized carbons (Fsp3) is 0.900. The molecule has 2 saturated heterocycles. The number of aliphatic imine (C=N–C) groups is 1. The van der Waals surface area contributed by atoms with Gasteiger partial charge in [0.05, 0.1) is 0 Å². The fourth-order valence-electron chi connectivity index (χ4n) is 3.73. The second kappa shape index (κ2) is 9.47. The third-order valence-corrected chi connectivity index (χ3v) is 4.96. The fourth-order valence-corrected chi connectivity index (χ4v) is 3.73. The van der Waals surface area contributed by atoms with E-state index in [4.69, 9.17) is 9.73 Å². The summed E-state index contributed by atoms with van der Waals surface area (Å²) in [6.45, 7) is 15.5. The molecule has 0 aromatic carbocycles. The van der Waals surface area contributed by atoms with E-state index < -0.39 is 5.60 Å². The number of rotatable bonds is 3.